The van der Waals surface area contributed by atoms with Crippen molar-refractivity contribution in [3.05, 3.63) is 107 Å². The van der Waals surface area contributed by atoms with Gasteiger partial charge in [0.25, 0.3) is 0 Å². The molecule has 0 atom stereocenters. The minimum Gasteiger partial charge on any atom is -0.497 e. The smallest absolute Gasteiger partial charge is 0.416 e. The van der Waals surface area contributed by atoms with Gasteiger partial charge >= 0.3 is 12.1 Å². The second-order valence-electron chi connectivity index (χ2n) is 8.81. The third-order valence-corrected chi connectivity index (χ3v) is 5.89. The van der Waals surface area contributed by atoms with E-state index in [1.54, 1.807) is 48.5 Å². The van der Waals surface area contributed by atoms with Crippen molar-refractivity contribution in [3.63, 3.8) is 0 Å². The molecule has 3 aromatic carbocycles. The van der Waals surface area contributed by atoms with Gasteiger partial charge in [0.2, 0.25) is 0 Å². The van der Waals surface area contributed by atoms with E-state index in [1.165, 1.54) is 7.11 Å². The van der Waals surface area contributed by atoms with Crippen molar-refractivity contribution in [2.45, 2.75) is 26.3 Å². The fourth-order valence-electron chi connectivity index (χ4n) is 3.90. The van der Waals surface area contributed by atoms with Gasteiger partial charge in [0, 0.05) is 19.4 Å². The molecule has 0 saturated carbocycles. The maximum Gasteiger partial charge on any atom is 0.416 e. The zero-order valence-corrected chi connectivity index (χ0v) is 21.8. The standard InChI is InChI=1S/C30H30N2O7/c1-21-27(31-28(38-21)18-22-6-4-3-5-7-22)16-17-37-25-10-8-23(9-11-25)19-32(20-29(33)34)30(35)39-26-14-12-24(36-2)13-15-26/h3-15H,16-20H2,1-2H3,(H,33,34). The van der Waals surface area contributed by atoms with Crippen LogP contribution >= 0.6 is 0 Å². The number of nitrogens with zero attached hydrogens (tertiary/aromatic N) is 2. The average molecular weight is 531 g/mol. The molecule has 0 aliphatic carbocycles. The van der Waals surface area contributed by atoms with E-state index in [-0.39, 0.29) is 12.3 Å². The number of carbonyl (C=O) groups excluding carboxylic acids is 1. The lowest BCUT2D eigenvalue weighted by Crippen LogP contribution is -2.37. The van der Waals surface area contributed by atoms with Crippen molar-refractivity contribution < 1.29 is 33.3 Å². The number of methoxy groups -OCH3 is 1. The topological polar surface area (TPSA) is 111 Å². The molecule has 4 aromatic rings. The first kappa shape index (κ1) is 27.3. The van der Waals surface area contributed by atoms with Gasteiger partial charge in [0.1, 0.15) is 29.6 Å². The predicted molar refractivity (Wildman–Crippen MR) is 143 cm³/mol. The summed E-state index contributed by atoms with van der Waals surface area (Å²) in [5.41, 5.74) is 2.72. The molecule has 0 spiro atoms. The first-order chi connectivity index (χ1) is 18.9. The summed E-state index contributed by atoms with van der Waals surface area (Å²) in [4.78, 5) is 29.7. The van der Waals surface area contributed by atoms with Crippen molar-refractivity contribution in [1.82, 2.24) is 9.88 Å². The van der Waals surface area contributed by atoms with Crippen molar-refractivity contribution in [3.8, 4) is 17.2 Å². The molecule has 1 amide bonds. The minimum absolute atomic E-state index is 0.0594. The Bertz CT molecular complexity index is 1370. The lowest BCUT2D eigenvalue weighted by molar-refractivity contribution is -0.138. The Morgan fingerprint density at radius 3 is 2.23 bits per heavy atom. The van der Waals surface area contributed by atoms with Crippen molar-refractivity contribution in [1.29, 1.82) is 0 Å². The molecule has 0 saturated heterocycles. The van der Waals surface area contributed by atoms with Crippen LogP contribution in [0, 0.1) is 6.92 Å². The first-order valence-corrected chi connectivity index (χ1v) is 12.4. The SMILES string of the molecule is COc1ccc(OC(=O)N(CC(=O)O)Cc2ccc(OCCc3nc(Cc4ccccc4)oc3C)cc2)cc1. The number of carboxylic acid groups (broad SMARTS) is 1. The fourth-order valence-corrected chi connectivity index (χ4v) is 3.90. The third kappa shape index (κ3) is 8.10. The van der Waals surface area contributed by atoms with Crippen LogP contribution < -0.4 is 14.2 Å². The van der Waals surface area contributed by atoms with Gasteiger partial charge in [-0.15, -0.1) is 0 Å². The summed E-state index contributed by atoms with van der Waals surface area (Å²) in [6.45, 7) is 1.87. The Kier molecular flexibility index (Phi) is 9.18. The normalized spacial score (nSPS) is 10.6. The lowest BCUT2D eigenvalue weighted by atomic mass is 10.1. The number of hydrogen-bond acceptors (Lipinski definition) is 7. The number of amides is 1. The summed E-state index contributed by atoms with van der Waals surface area (Å²) < 4.78 is 22.1. The number of hydrogen-bond donors (Lipinski definition) is 1. The zero-order valence-electron chi connectivity index (χ0n) is 21.8. The number of oxazole rings is 1. The Morgan fingerprint density at radius 1 is 0.897 bits per heavy atom. The van der Waals surface area contributed by atoms with Gasteiger partial charge in [-0.1, -0.05) is 42.5 Å². The van der Waals surface area contributed by atoms with E-state index in [0.717, 1.165) is 27.5 Å². The van der Waals surface area contributed by atoms with Gasteiger partial charge in [0.05, 0.1) is 19.4 Å². The van der Waals surface area contributed by atoms with E-state index in [0.29, 0.717) is 36.8 Å². The van der Waals surface area contributed by atoms with E-state index in [2.05, 4.69) is 4.98 Å². The molecule has 4 rings (SSSR count). The molecule has 0 radical (unpaired) electrons. The van der Waals surface area contributed by atoms with E-state index < -0.39 is 18.6 Å². The van der Waals surface area contributed by atoms with Gasteiger partial charge < -0.3 is 23.7 Å². The molecular formula is C30H30N2O7. The van der Waals surface area contributed by atoms with Crippen LogP contribution in [0.4, 0.5) is 4.79 Å². The molecule has 0 bridgehead atoms. The lowest BCUT2D eigenvalue weighted by Gasteiger charge is -2.20. The second-order valence-corrected chi connectivity index (χ2v) is 8.81. The number of aromatic nitrogens is 1. The predicted octanol–water partition coefficient (Wildman–Crippen LogP) is 5.29. The number of carbonyl (C=O) groups is 2. The van der Waals surface area contributed by atoms with Crippen molar-refractivity contribution in [2.75, 3.05) is 20.3 Å². The third-order valence-electron chi connectivity index (χ3n) is 5.89. The van der Waals surface area contributed by atoms with Gasteiger partial charge in [0.15, 0.2) is 5.89 Å². The fraction of sp³-hybridized carbons (Fsp3) is 0.233. The van der Waals surface area contributed by atoms with Crippen LogP contribution in [0.5, 0.6) is 17.2 Å². The molecule has 1 N–H and O–H groups in total. The Hall–Kier alpha value is -4.79. The molecular weight excluding hydrogens is 500 g/mol. The van der Waals surface area contributed by atoms with Crippen molar-refractivity contribution in [2.24, 2.45) is 0 Å². The Labute approximate surface area is 226 Å². The summed E-state index contributed by atoms with van der Waals surface area (Å²) in [7, 11) is 1.53. The number of aryl methyl sites for hydroxylation is 1. The molecule has 0 fully saturated rings. The highest BCUT2D eigenvalue weighted by atomic mass is 16.6. The summed E-state index contributed by atoms with van der Waals surface area (Å²) in [5.74, 6) is 1.86. The van der Waals surface area contributed by atoms with Crippen LogP contribution in [0.1, 0.15) is 28.5 Å². The van der Waals surface area contributed by atoms with Crippen LogP contribution in [0.15, 0.2) is 83.3 Å². The van der Waals surface area contributed by atoms with E-state index in [1.807, 2.05) is 37.3 Å². The molecule has 9 heteroatoms. The second kappa shape index (κ2) is 13.1. The van der Waals surface area contributed by atoms with Crippen LogP contribution in [0.3, 0.4) is 0 Å². The molecule has 0 aliphatic rings. The van der Waals surface area contributed by atoms with Gasteiger partial charge in [-0.2, -0.15) is 0 Å². The molecule has 0 aliphatic heterocycles. The van der Waals surface area contributed by atoms with Crippen LogP contribution in [0.2, 0.25) is 0 Å². The summed E-state index contributed by atoms with van der Waals surface area (Å²) in [6, 6.07) is 23.6. The highest BCUT2D eigenvalue weighted by molar-refractivity contribution is 5.78. The molecule has 9 nitrogen and oxygen atoms in total. The van der Waals surface area contributed by atoms with E-state index in [4.69, 9.17) is 18.6 Å². The minimum atomic E-state index is -1.14. The molecule has 39 heavy (non-hydrogen) atoms. The first-order valence-electron chi connectivity index (χ1n) is 12.4. The molecule has 202 valence electrons. The van der Waals surface area contributed by atoms with E-state index >= 15 is 0 Å². The molecule has 0 unspecified atom stereocenters. The number of carboxylic acids is 1. The quantitative estimate of drug-likeness (QED) is 0.263. The Morgan fingerprint density at radius 2 is 1.56 bits per heavy atom. The number of aliphatic carboxylic acids is 1. The highest BCUT2D eigenvalue weighted by Gasteiger charge is 2.20. The maximum absolute atomic E-state index is 12.7. The van der Waals surface area contributed by atoms with Crippen LogP contribution in [-0.2, 0) is 24.2 Å². The summed E-state index contributed by atoms with van der Waals surface area (Å²) in [5, 5.41) is 9.28. The summed E-state index contributed by atoms with van der Waals surface area (Å²) in [6.07, 6.45) is 0.462. The summed E-state index contributed by atoms with van der Waals surface area (Å²) >= 11 is 0. The monoisotopic (exact) mass is 530 g/mol. The van der Waals surface area contributed by atoms with Crippen LogP contribution in [0.25, 0.3) is 0 Å². The molecule has 1 aromatic heterocycles. The number of rotatable bonds is 12. The molecule has 1 heterocycles. The van der Waals surface area contributed by atoms with Gasteiger partial charge in [-0.05, 0) is 54.4 Å². The highest BCUT2D eigenvalue weighted by Crippen LogP contribution is 2.20. The average Bonchev–Trinajstić information content (AvgIpc) is 3.28. The number of ether oxygens (including phenoxy) is 3. The van der Waals surface area contributed by atoms with Gasteiger partial charge in [-0.25, -0.2) is 9.78 Å². The van der Waals surface area contributed by atoms with E-state index in [9.17, 15) is 14.7 Å². The maximum atomic E-state index is 12.7. The Balaban J connectivity index is 1.29. The van der Waals surface area contributed by atoms with Crippen LogP contribution in [-0.4, -0.2) is 47.3 Å². The largest absolute Gasteiger partial charge is 0.497 e. The van der Waals surface area contributed by atoms with Crippen molar-refractivity contribution >= 4 is 12.1 Å². The zero-order chi connectivity index (χ0) is 27.6. The number of benzene rings is 3. The van der Waals surface area contributed by atoms with Gasteiger partial charge in [-0.3, -0.25) is 9.69 Å².